The third kappa shape index (κ3) is 2.14. The molecule has 1 aromatic heterocycles. The summed E-state index contributed by atoms with van der Waals surface area (Å²) in [7, 11) is 0. The van der Waals surface area contributed by atoms with Crippen molar-refractivity contribution in [2.45, 2.75) is 0 Å². The average molecular weight is 247 g/mol. The quantitative estimate of drug-likeness (QED) is 0.691. The van der Waals surface area contributed by atoms with Crippen molar-refractivity contribution in [3.05, 3.63) is 35.0 Å². The smallest absolute Gasteiger partial charge is 0.293 e. The Morgan fingerprint density at radius 3 is 3.00 bits per heavy atom. The molecule has 2 aromatic rings. The third-order valence-electron chi connectivity index (χ3n) is 2.14. The number of hydrogen-bond acceptors (Lipinski definition) is 3. The second-order valence-corrected chi connectivity index (χ2v) is 3.68. The van der Waals surface area contributed by atoms with Crippen LogP contribution in [0.3, 0.4) is 0 Å². The Morgan fingerprint density at radius 2 is 2.29 bits per heavy atom. The molecule has 17 heavy (non-hydrogen) atoms. The van der Waals surface area contributed by atoms with Crippen molar-refractivity contribution in [3.63, 3.8) is 0 Å². The van der Waals surface area contributed by atoms with Gasteiger partial charge in [-0.05, 0) is 18.2 Å². The van der Waals surface area contributed by atoms with Crippen LogP contribution in [0.2, 0.25) is 5.02 Å². The molecule has 1 aromatic carbocycles. The number of pyridine rings is 1. The number of primary amides is 1. The summed E-state index contributed by atoms with van der Waals surface area (Å²) >= 11 is 6.01. The lowest BCUT2D eigenvalue weighted by atomic mass is 10.1. The maximum atomic E-state index is 10.6. The van der Waals surface area contributed by atoms with Crippen LogP contribution in [0, 0.1) is 11.8 Å². The molecule has 0 radical (unpaired) electrons. The molecule has 0 bridgehead atoms. The zero-order chi connectivity index (χ0) is 12.4. The second-order valence-electron chi connectivity index (χ2n) is 3.27. The lowest BCUT2D eigenvalue weighted by Gasteiger charge is -2.04. The van der Waals surface area contributed by atoms with E-state index < -0.39 is 5.91 Å². The van der Waals surface area contributed by atoms with Gasteiger partial charge >= 0.3 is 0 Å². The number of carbonyl (C=O) groups is 1. The van der Waals surface area contributed by atoms with Crippen LogP contribution in [0.1, 0.15) is 5.56 Å². The topological polar surface area (TPSA) is 76.2 Å². The lowest BCUT2D eigenvalue weighted by Crippen LogP contribution is -2.06. The maximum Gasteiger partial charge on any atom is 0.293 e. The van der Waals surface area contributed by atoms with E-state index >= 15 is 0 Å². The predicted octanol–water partition coefficient (Wildman–Crippen LogP) is 1.43. The predicted molar refractivity (Wildman–Crippen MR) is 64.5 cm³/mol. The van der Waals surface area contributed by atoms with Crippen LogP contribution in [-0.4, -0.2) is 16.0 Å². The number of rotatable bonds is 0. The number of aromatic nitrogens is 1. The number of amides is 1. The number of fused-ring (bicyclic) bond motifs is 1. The molecule has 0 aliphatic carbocycles. The molecule has 0 atom stereocenters. The van der Waals surface area contributed by atoms with Crippen LogP contribution in [0.4, 0.5) is 0 Å². The Hall–Kier alpha value is -2.25. The van der Waals surface area contributed by atoms with Gasteiger partial charge in [0.1, 0.15) is 5.52 Å². The molecule has 4 nitrogen and oxygen atoms in total. The Labute approximate surface area is 102 Å². The number of benzene rings is 1. The van der Waals surface area contributed by atoms with Gasteiger partial charge in [-0.2, -0.15) is 0 Å². The minimum absolute atomic E-state index is 0.112. The summed E-state index contributed by atoms with van der Waals surface area (Å²) in [5.74, 6) is 3.69. The van der Waals surface area contributed by atoms with E-state index in [1.165, 1.54) is 12.3 Å². The Balaban J connectivity index is 2.72. The van der Waals surface area contributed by atoms with Crippen molar-refractivity contribution < 1.29 is 9.90 Å². The van der Waals surface area contributed by atoms with Gasteiger partial charge < -0.3 is 10.8 Å². The first-order valence-corrected chi connectivity index (χ1v) is 5.05. The van der Waals surface area contributed by atoms with E-state index in [-0.39, 0.29) is 11.3 Å². The van der Waals surface area contributed by atoms with Crippen molar-refractivity contribution in [3.8, 4) is 17.6 Å². The molecule has 84 valence electrons. The Morgan fingerprint density at radius 1 is 1.53 bits per heavy atom. The number of carbonyl (C=O) groups excluding carboxylic acids is 1. The molecule has 0 unspecified atom stereocenters. The van der Waals surface area contributed by atoms with E-state index in [4.69, 9.17) is 17.3 Å². The molecule has 0 fully saturated rings. The molecule has 3 N–H and O–H groups in total. The van der Waals surface area contributed by atoms with Crippen LogP contribution in [0.15, 0.2) is 24.4 Å². The van der Waals surface area contributed by atoms with Crippen molar-refractivity contribution in [2.75, 3.05) is 0 Å². The summed E-state index contributed by atoms with van der Waals surface area (Å²) < 4.78 is 0. The van der Waals surface area contributed by atoms with Gasteiger partial charge in [0.25, 0.3) is 5.91 Å². The van der Waals surface area contributed by atoms with Gasteiger partial charge in [-0.3, -0.25) is 9.78 Å². The molecule has 5 heteroatoms. The first kappa shape index (κ1) is 11.2. The number of hydrogen-bond donors (Lipinski definition) is 2. The van der Waals surface area contributed by atoms with Crippen molar-refractivity contribution in [1.29, 1.82) is 0 Å². The molecule has 0 saturated heterocycles. The van der Waals surface area contributed by atoms with E-state index in [2.05, 4.69) is 16.8 Å². The molecule has 0 aliphatic rings. The van der Waals surface area contributed by atoms with E-state index in [0.29, 0.717) is 15.9 Å². The molecule has 0 aliphatic heterocycles. The Bertz CT molecular complexity index is 671. The number of aromatic hydroxyl groups is 1. The van der Waals surface area contributed by atoms with E-state index in [0.717, 1.165) is 0 Å². The normalized spacial score (nSPS) is 9.71. The van der Waals surface area contributed by atoms with Gasteiger partial charge in [0, 0.05) is 17.5 Å². The third-order valence-corrected chi connectivity index (χ3v) is 2.45. The van der Waals surface area contributed by atoms with Crippen molar-refractivity contribution in [2.24, 2.45) is 5.73 Å². The average Bonchev–Trinajstić information content (AvgIpc) is 2.32. The minimum Gasteiger partial charge on any atom is -0.504 e. The van der Waals surface area contributed by atoms with Crippen LogP contribution in [0.25, 0.3) is 10.9 Å². The van der Waals surface area contributed by atoms with Crippen LogP contribution >= 0.6 is 11.6 Å². The van der Waals surface area contributed by atoms with Gasteiger partial charge in [0.05, 0.1) is 10.6 Å². The number of nitrogens with zero attached hydrogens (tertiary/aromatic N) is 1. The zero-order valence-electron chi connectivity index (χ0n) is 8.57. The monoisotopic (exact) mass is 246 g/mol. The lowest BCUT2D eigenvalue weighted by molar-refractivity contribution is -0.112. The number of halogens is 1. The number of nitrogens with two attached hydrogens (primary N) is 1. The van der Waals surface area contributed by atoms with Gasteiger partial charge in [-0.15, -0.1) is 0 Å². The minimum atomic E-state index is -0.776. The molecule has 1 amide bonds. The van der Waals surface area contributed by atoms with Crippen molar-refractivity contribution in [1.82, 2.24) is 4.98 Å². The fourth-order valence-corrected chi connectivity index (χ4v) is 1.67. The van der Waals surface area contributed by atoms with Crippen LogP contribution in [0.5, 0.6) is 5.75 Å². The summed E-state index contributed by atoms with van der Waals surface area (Å²) in [5.41, 5.74) is 5.46. The molecule has 0 spiro atoms. The second kappa shape index (κ2) is 4.32. The summed E-state index contributed by atoms with van der Waals surface area (Å²) in [6.07, 6.45) is 1.53. The van der Waals surface area contributed by atoms with Crippen LogP contribution in [-0.2, 0) is 4.79 Å². The van der Waals surface area contributed by atoms with E-state index in [9.17, 15) is 9.90 Å². The molecule has 2 rings (SSSR count). The summed E-state index contributed by atoms with van der Waals surface area (Å²) in [5, 5.41) is 10.9. The summed E-state index contributed by atoms with van der Waals surface area (Å²) in [6.45, 7) is 0. The first-order valence-electron chi connectivity index (χ1n) is 4.67. The molecular weight excluding hydrogens is 240 g/mol. The largest absolute Gasteiger partial charge is 0.504 e. The standard InChI is InChI=1S/C12H7ClN2O2/c13-9-6-7(3-4-10(14)16)12(17)11-8(9)2-1-5-15-11/h1-2,5-6,17H,(H2,14,16). The summed E-state index contributed by atoms with van der Waals surface area (Å²) in [4.78, 5) is 14.6. The highest BCUT2D eigenvalue weighted by Gasteiger charge is 2.09. The SMILES string of the molecule is NC(=O)C#Cc1cc(Cl)c2cccnc2c1O. The summed E-state index contributed by atoms with van der Waals surface area (Å²) in [6, 6.07) is 4.91. The highest BCUT2D eigenvalue weighted by molar-refractivity contribution is 6.35. The van der Waals surface area contributed by atoms with Gasteiger partial charge in [0.15, 0.2) is 5.75 Å². The van der Waals surface area contributed by atoms with E-state index in [1.54, 1.807) is 12.1 Å². The number of phenolic OH excluding ortho intramolecular Hbond substituents is 1. The molecule has 1 heterocycles. The highest BCUT2D eigenvalue weighted by atomic mass is 35.5. The Kier molecular flexibility index (Phi) is 2.86. The molecule has 0 saturated carbocycles. The molecular formula is C12H7ClN2O2. The van der Waals surface area contributed by atoms with Crippen LogP contribution < -0.4 is 5.73 Å². The van der Waals surface area contributed by atoms with Gasteiger partial charge in [-0.1, -0.05) is 17.5 Å². The van der Waals surface area contributed by atoms with E-state index in [1.807, 2.05) is 0 Å². The fourth-order valence-electron chi connectivity index (χ4n) is 1.41. The number of phenols is 1. The fraction of sp³-hybridized carbons (Fsp3) is 0. The first-order chi connectivity index (χ1) is 8.09. The van der Waals surface area contributed by atoms with Gasteiger partial charge in [0.2, 0.25) is 0 Å². The van der Waals surface area contributed by atoms with Crippen molar-refractivity contribution >= 4 is 28.4 Å². The highest BCUT2D eigenvalue weighted by Crippen LogP contribution is 2.32. The zero-order valence-corrected chi connectivity index (χ0v) is 9.32. The van der Waals surface area contributed by atoms with Gasteiger partial charge in [-0.25, -0.2) is 0 Å². The maximum absolute atomic E-state index is 10.6.